The highest BCUT2D eigenvalue weighted by atomic mass is 35.5. The van der Waals surface area contributed by atoms with E-state index in [1.165, 1.54) is 5.56 Å². The summed E-state index contributed by atoms with van der Waals surface area (Å²) in [4.78, 5) is 2.43. The summed E-state index contributed by atoms with van der Waals surface area (Å²) in [6, 6.07) is 28.7. The first-order valence-corrected chi connectivity index (χ1v) is 11.3. The highest BCUT2D eigenvalue weighted by Crippen LogP contribution is 2.28. The molecule has 1 fully saturated rings. The average molecular weight is 447 g/mol. The zero-order valence-corrected chi connectivity index (χ0v) is 18.6. The van der Waals surface area contributed by atoms with E-state index in [0.29, 0.717) is 22.4 Å². The van der Waals surface area contributed by atoms with E-state index in [-0.39, 0.29) is 0 Å². The number of hydrogen-bond donors (Lipinski definition) is 0. The molecule has 0 amide bonds. The van der Waals surface area contributed by atoms with Gasteiger partial charge in [-0.05, 0) is 66.5 Å². The molecule has 0 saturated carbocycles. The first kappa shape index (κ1) is 20.2. The Hall–Kier alpha value is -2.73. The number of likely N-dealkylation sites (tertiary alicyclic amines) is 1. The predicted molar refractivity (Wildman–Crippen MR) is 128 cm³/mol. The summed E-state index contributed by atoms with van der Waals surface area (Å²) < 4.78 is 4.68. The van der Waals surface area contributed by atoms with Gasteiger partial charge < -0.3 is 0 Å². The molecule has 1 aliphatic heterocycles. The second-order valence-corrected chi connectivity index (χ2v) is 8.70. The summed E-state index contributed by atoms with van der Waals surface area (Å²) in [5.74, 6) is 1.38. The van der Waals surface area contributed by atoms with Crippen LogP contribution < -0.4 is 0 Å². The van der Waals surface area contributed by atoms with Crippen molar-refractivity contribution in [3.8, 4) is 17.1 Å². The quantitative estimate of drug-likeness (QED) is 0.343. The second-order valence-electron chi connectivity index (χ2n) is 7.90. The van der Waals surface area contributed by atoms with Crippen LogP contribution in [0, 0.1) is 4.77 Å². The maximum absolute atomic E-state index is 6.11. The standard InChI is InChI=1S/C25H23ClN4S/c26-22-13-11-20(12-14-22)24-27-29(25(31)30(24)23-9-5-2-6-10-23)18-28-16-15-21(17-28)19-7-3-1-4-8-19/h1-14,21H,15-18H2/t21-/m0/s1. The van der Waals surface area contributed by atoms with Crippen LogP contribution in [0.2, 0.25) is 5.02 Å². The first-order valence-electron chi connectivity index (χ1n) is 10.5. The van der Waals surface area contributed by atoms with Crippen LogP contribution in [-0.2, 0) is 6.67 Å². The molecule has 0 N–H and O–H groups in total. The molecule has 4 aromatic rings. The van der Waals surface area contributed by atoms with E-state index in [1.54, 1.807) is 0 Å². The molecule has 0 aliphatic carbocycles. The van der Waals surface area contributed by atoms with E-state index in [2.05, 4.69) is 47.4 Å². The molecular formula is C25H23ClN4S. The smallest absolute Gasteiger partial charge is 0.204 e. The largest absolute Gasteiger partial charge is 0.284 e. The van der Waals surface area contributed by atoms with Crippen molar-refractivity contribution < 1.29 is 0 Å². The Kier molecular flexibility index (Phi) is 5.72. The summed E-state index contributed by atoms with van der Waals surface area (Å²) in [5, 5.41) is 5.64. The molecule has 4 nitrogen and oxygen atoms in total. The van der Waals surface area contributed by atoms with E-state index < -0.39 is 0 Å². The fraction of sp³-hybridized carbons (Fsp3) is 0.200. The molecule has 5 rings (SSSR count). The van der Waals surface area contributed by atoms with Gasteiger partial charge in [-0.2, -0.15) is 0 Å². The Bertz CT molecular complexity index is 1220. The Morgan fingerprint density at radius 1 is 0.903 bits per heavy atom. The van der Waals surface area contributed by atoms with Crippen LogP contribution in [-0.4, -0.2) is 32.3 Å². The lowest BCUT2D eigenvalue weighted by Gasteiger charge is -2.16. The van der Waals surface area contributed by atoms with Gasteiger partial charge in [-0.1, -0.05) is 60.1 Å². The summed E-state index contributed by atoms with van der Waals surface area (Å²) in [6.07, 6.45) is 1.15. The molecule has 2 heterocycles. The van der Waals surface area contributed by atoms with Crippen LogP contribution in [0.5, 0.6) is 0 Å². The third-order valence-electron chi connectivity index (χ3n) is 5.83. The third kappa shape index (κ3) is 4.22. The molecule has 0 bridgehead atoms. The highest BCUT2D eigenvalue weighted by molar-refractivity contribution is 7.71. The summed E-state index contributed by atoms with van der Waals surface area (Å²) in [6.45, 7) is 2.73. The van der Waals surface area contributed by atoms with E-state index in [1.807, 2.05) is 51.7 Å². The Morgan fingerprint density at radius 2 is 1.58 bits per heavy atom. The minimum atomic E-state index is 0.558. The Labute approximate surface area is 192 Å². The van der Waals surface area contributed by atoms with Crippen LogP contribution in [0.3, 0.4) is 0 Å². The van der Waals surface area contributed by atoms with Gasteiger partial charge >= 0.3 is 0 Å². The van der Waals surface area contributed by atoms with Gasteiger partial charge in [-0.25, -0.2) is 4.68 Å². The van der Waals surface area contributed by atoms with Crippen LogP contribution in [0.15, 0.2) is 84.9 Å². The number of benzene rings is 3. The molecule has 31 heavy (non-hydrogen) atoms. The third-order valence-corrected chi connectivity index (χ3v) is 6.48. The van der Waals surface area contributed by atoms with Crippen molar-refractivity contribution in [3.63, 3.8) is 0 Å². The predicted octanol–water partition coefficient (Wildman–Crippen LogP) is 6.17. The highest BCUT2D eigenvalue weighted by Gasteiger charge is 2.25. The normalized spacial score (nSPS) is 16.6. The number of halogens is 1. The molecule has 156 valence electrons. The lowest BCUT2D eigenvalue weighted by Crippen LogP contribution is -2.24. The van der Waals surface area contributed by atoms with Crippen molar-refractivity contribution in [1.29, 1.82) is 0 Å². The number of aromatic nitrogens is 3. The van der Waals surface area contributed by atoms with Crippen molar-refractivity contribution in [2.75, 3.05) is 13.1 Å². The average Bonchev–Trinajstić information content (AvgIpc) is 3.41. The van der Waals surface area contributed by atoms with Crippen molar-refractivity contribution >= 4 is 23.8 Å². The zero-order chi connectivity index (χ0) is 21.2. The van der Waals surface area contributed by atoms with E-state index in [9.17, 15) is 0 Å². The lowest BCUT2D eigenvalue weighted by molar-refractivity contribution is 0.250. The minimum Gasteiger partial charge on any atom is -0.284 e. The van der Waals surface area contributed by atoms with Crippen LogP contribution in [0.1, 0.15) is 17.9 Å². The Morgan fingerprint density at radius 3 is 2.29 bits per heavy atom. The van der Waals surface area contributed by atoms with Gasteiger partial charge in [-0.15, -0.1) is 5.10 Å². The number of hydrogen-bond acceptors (Lipinski definition) is 3. The van der Waals surface area contributed by atoms with Crippen molar-refractivity contribution in [1.82, 2.24) is 19.2 Å². The maximum Gasteiger partial charge on any atom is 0.204 e. The minimum absolute atomic E-state index is 0.558. The van der Waals surface area contributed by atoms with E-state index in [0.717, 1.165) is 36.6 Å². The number of rotatable bonds is 5. The summed E-state index contributed by atoms with van der Waals surface area (Å²) >= 11 is 12.0. The summed E-state index contributed by atoms with van der Waals surface area (Å²) in [7, 11) is 0. The molecular weight excluding hydrogens is 424 g/mol. The van der Waals surface area contributed by atoms with E-state index in [4.69, 9.17) is 28.9 Å². The van der Waals surface area contributed by atoms with Crippen LogP contribution in [0.25, 0.3) is 17.1 Å². The fourth-order valence-corrected chi connectivity index (χ4v) is 4.66. The monoisotopic (exact) mass is 446 g/mol. The first-order chi connectivity index (χ1) is 15.2. The van der Waals surface area contributed by atoms with Crippen LogP contribution in [0.4, 0.5) is 0 Å². The number of para-hydroxylation sites is 1. The molecule has 1 aromatic heterocycles. The fourth-order valence-electron chi connectivity index (χ4n) is 4.24. The van der Waals surface area contributed by atoms with Gasteiger partial charge in [0.15, 0.2) is 5.82 Å². The summed E-state index contributed by atoms with van der Waals surface area (Å²) in [5.41, 5.74) is 3.40. The molecule has 0 unspecified atom stereocenters. The van der Waals surface area contributed by atoms with E-state index >= 15 is 0 Å². The molecule has 1 aliphatic rings. The van der Waals surface area contributed by atoms with Gasteiger partial charge in [0, 0.05) is 29.4 Å². The number of nitrogens with zero attached hydrogens (tertiary/aromatic N) is 4. The van der Waals surface area contributed by atoms with Gasteiger partial charge in [-0.3, -0.25) is 9.47 Å². The second kappa shape index (κ2) is 8.79. The van der Waals surface area contributed by atoms with Gasteiger partial charge in [0.25, 0.3) is 0 Å². The molecule has 3 aromatic carbocycles. The van der Waals surface area contributed by atoms with Gasteiger partial charge in [0.2, 0.25) is 4.77 Å². The molecule has 1 atom stereocenters. The molecule has 6 heteroatoms. The van der Waals surface area contributed by atoms with Crippen molar-refractivity contribution in [2.45, 2.75) is 19.0 Å². The van der Waals surface area contributed by atoms with Crippen LogP contribution >= 0.6 is 23.8 Å². The topological polar surface area (TPSA) is 26.0 Å². The lowest BCUT2D eigenvalue weighted by atomic mass is 9.99. The molecule has 1 saturated heterocycles. The van der Waals surface area contributed by atoms with Gasteiger partial charge in [0.1, 0.15) is 0 Å². The SMILES string of the molecule is S=c1n(CN2CC[C@H](c3ccccc3)C2)nc(-c2ccc(Cl)cc2)n1-c1ccccc1. The zero-order valence-electron chi connectivity index (χ0n) is 17.1. The maximum atomic E-state index is 6.11. The Balaban J connectivity index is 1.47. The van der Waals surface area contributed by atoms with Gasteiger partial charge in [0.05, 0.1) is 6.67 Å². The van der Waals surface area contributed by atoms with Crippen molar-refractivity contribution in [2.24, 2.45) is 0 Å². The van der Waals surface area contributed by atoms with Crippen molar-refractivity contribution in [3.05, 3.63) is 100 Å². The molecule has 0 radical (unpaired) electrons. The molecule has 0 spiro atoms.